The molecule has 5 rings (SSSR count). The molecule has 0 radical (unpaired) electrons. The van der Waals surface area contributed by atoms with Crippen LogP contribution >= 0.6 is 19.3 Å². The van der Waals surface area contributed by atoms with Crippen LogP contribution in [0.4, 0.5) is 5.82 Å². The summed E-state index contributed by atoms with van der Waals surface area (Å²) in [5, 5.41) is 4.62. The number of nitrogen functional groups attached to an aromatic ring is 1. The van der Waals surface area contributed by atoms with Gasteiger partial charge in [0.25, 0.3) is 0 Å². The average Bonchev–Trinajstić information content (AvgIpc) is 3.68. The number of hydrogen-bond donors (Lipinski definition) is 2. The fourth-order valence-corrected chi connectivity index (χ4v) is 6.42. The lowest BCUT2D eigenvalue weighted by atomic mass is 10.1. The third-order valence-electron chi connectivity index (χ3n) is 6.72. The smallest absolute Gasteiger partial charge is 0.413 e. The van der Waals surface area contributed by atoms with Gasteiger partial charge in [-0.3, -0.25) is 4.52 Å². The van der Waals surface area contributed by atoms with Gasteiger partial charge in [0.05, 0.1) is 23.7 Å². The van der Waals surface area contributed by atoms with Crippen molar-refractivity contribution in [2.24, 2.45) is 5.92 Å². The summed E-state index contributed by atoms with van der Waals surface area (Å²) in [6.45, 7) is 6.85. The van der Waals surface area contributed by atoms with Gasteiger partial charge in [0.15, 0.2) is 5.82 Å². The van der Waals surface area contributed by atoms with Crippen LogP contribution in [0, 0.1) is 5.92 Å². The fraction of sp³-hybridized carbons (Fsp3) is 0.407. The Morgan fingerprint density at radius 2 is 1.89 bits per heavy atom. The third kappa shape index (κ3) is 5.82. The number of nitrogens with two attached hydrogens (primary N) is 1. The quantitative estimate of drug-likeness (QED) is 0.189. The van der Waals surface area contributed by atoms with E-state index in [2.05, 4.69) is 10.1 Å². The highest BCUT2D eigenvalue weighted by atomic mass is 35.5. The lowest BCUT2D eigenvalue weighted by Crippen LogP contribution is -2.29. The molecule has 0 spiro atoms. The minimum Gasteiger partial charge on any atom is -0.413 e. The number of para-hydroxylation sites is 1. The molecule has 1 saturated carbocycles. The van der Waals surface area contributed by atoms with Crippen LogP contribution < -0.4 is 15.3 Å². The van der Waals surface area contributed by atoms with Crippen LogP contribution in [-0.4, -0.2) is 33.8 Å². The number of anilines is 1. The van der Waals surface area contributed by atoms with Crippen LogP contribution in [0.15, 0.2) is 48.5 Å². The first-order valence-electron chi connectivity index (χ1n) is 12.9. The lowest BCUT2D eigenvalue weighted by Gasteiger charge is -2.26. The molecule has 0 amide bonds. The summed E-state index contributed by atoms with van der Waals surface area (Å²) in [6, 6.07) is 14.2. The summed E-state index contributed by atoms with van der Waals surface area (Å²) in [6.07, 6.45) is 2.19. The summed E-state index contributed by atoms with van der Waals surface area (Å²) in [5.41, 5.74) is 8.53. The van der Waals surface area contributed by atoms with Crippen molar-refractivity contribution in [2.75, 3.05) is 18.9 Å². The largest absolute Gasteiger partial charge is 0.459 e. The maximum absolute atomic E-state index is 14.0. The normalized spacial score (nSPS) is 16.9. The van der Waals surface area contributed by atoms with E-state index >= 15 is 0 Å². The van der Waals surface area contributed by atoms with Gasteiger partial charge in [-0.15, -0.1) is 0 Å². The summed E-state index contributed by atoms with van der Waals surface area (Å²) in [7, 11) is -3.73. The van der Waals surface area contributed by atoms with Gasteiger partial charge in [-0.25, -0.2) is 19.6 Å². The molecule has 4 aromatic rings. The molecule has 9 nitrogen and oxygen atoms in total. The van der Waals surface area contributed by atoms with E-state index in [1.165, 1.54) is 0 Å². The van der Waals surface area contributed by atoms with Crippen molar-refractivity contribution >= 4 is 47.1 Å². The maximum atomic E-state index is 14.0. The Morgan fingerprint density at radius 3 is 2.61 bits per heavy atom. The molecule has 11 heteroatoms. The lowest BCUT2D eigenvalue weighted by molar-refractivity contribution is 0.123. The molecule has 3 atom stereocenters. The number of benzene rings is 2. The second-order valence-corrected chi connectivity index (χ2v) is 11.8. The molecule has 2 aromatic carbocycles. The molecule has 0 saturated heterocycles. The molecule has 1 unspecified atom stereocenters. The Kier molecular flexibility index (Phi) is 7.93. The van der Waals surface area contributed by atoms with Crippen LogP contribution in [0.5, 0.6) is 5.75 Å². The Bertz CT molecular complexity index is 1470. The number of imidazole rings is 1. The monoisotopic (exact) mass is 557 g/mol. The Morgan fingerprint density at radius 1 is 1.16 bits per heavy atom. The minimum atomic E-state index is -3.73. The van der Waals surface area contributed by atoms with E-state index in [4.69, 9.17) is 36.1 Å². The van der Waals surface area contributed by atoms with E-state index in [0.29, 0.717) is 47.1 Å². The molecule has 2 heterocycles. The van der Waals surface area contributed by atoms with Crippen LogP contribution in [0.1, 0.15) is 45.5 Å². The highest BCUT2D eigenvalue weighted by Gasteiger charge is 2.36. The number of hydrogen-bond acceptors (Lipinski definition) is 7. The van der Waals surface area contributed by atoms with E-state index in [1.54, 1.807) is 24.3 Å². The second kappa shape index (κ2) is 11.2. The SMILES string of the molecule is CCOCc1nc2c(N)nc3ccccc3c2n1[C@H](C)COP(=O)(N[C@@H](C)C1CC1)Oc1ccc(Cl)cc1. The summed E-state index contributed by atoms with van der Waals surface area (Å²) < 4.78 is 33.8. The summed E-state index contributed by atoms with van der Waals surface area (Å²) in [4.78, 5) is 9.32. The number of pyridine rings is 1. The van der Waals surface area contributed by atoms with Crippen molar-refractivity contribution in [3.05, 3.63) is 59.4 Å². The zero-order valence-corrected chi connectivity index (χ0v) is 23.4. The zero-order valence-electron chi connectivity index (χ0n) is 21.8. The number of nitrogens with zero attached hydrogens (tertiary/aromatic N) is 3. The van der Waals surface area contributed by atoms with Crippen molar-refractivity contribution in [2.45, 2.75) is 52.3 Å². The molecule has 0 aliphatic heterocycles. The van der Waals surface area contributed by atoms with Gasteiger partial charge < -0.3 is 19.6 Å². The number of halogens is 1. The molecule has 202 valence electrons. The average molecular weight is 558 g/mol. The highest BCUT2D eigenvalue weighted by molar-refractivity contribution is 7.52. The molecule has 1 aliphatic rings. The van der Waals surface area contributed by atoms with E-state index in [0.717, 1.165) is 29.3 Å². The summed E-state index contributed by atoms with van der Waals surface area (Å²) in [5.74, 6) is 1.90. The van der Waals surface area contributed by atoms with Gasteiger partial charge in [-0.1, -0.05) is 29.8 Å². The van der Waals surface area contributed by atoms with Crippen molar-refractivity contribution in [1.82, 2.24) is 19.6 Å². The number of aromatic nitrogens is 3. The first kappa shape index (κ1) is 26.9. The maximum Gasteiger partial charge on any atom is 0.459 e. The van der Waals surface area contributed by atoms with E-state index in [-0.39, 0.29) is 18.7 Å². The molecule has 3 N–H and O–H groups in total. The third-order valence-corrected chi connectivity index (χ3v) is 8.63. The van der Waals surface area contributed by atoms with E-state index < -0.39 is 7.75 Å². The Labute approximate surface area is 227 Å². The van der Waals surface area contributed by atoms with Gasteiger partial charge in [-0.05, 0) is 69.9 Å². The van der Waals surface area contributed by atoms with Crippen molar-refractivity contribution < 1.29 is 18.3 Å². The van der Waals surface area contributed by atoms with E-state index in [1.807, 2.05) is 49.6 Å². The molecule has 1 fully saturated rings. The standard InChI is InChI=1S/C27H33ClN5O4P/c1-4-35-16-24-31-25-26(22-7-5-6-8-23(22)30-27(25)29)33(24)17(2)15-36-38(34,32-18(3)19-9-10-19)37-21-13-11-20(28)12-14-21/h5-8,11-14,17-19H,4,9-10,15-16H2,1-3H3,(H2,29,30)(H,32,34)/t17-,18+,38?/m1/s1. The molecular weight excluding hydrogens is 525 g/mol. The summed E-state index contributed by atoms with van der Waals surface area (Å²) >= 11 is 6.02. The van der Waals surface area contributed by atoms with Crippen molar-refractivity contribution in [3.8, 4) is 5.75 Å². The van der Waals surface area contributed by atoms with Gasteiger partial charge >= 0.3 is 7.75 Å². The van der Waals surface area contributed by atoms with Crippen molar-refractivity contribution in [3.63, 3.8) is 0 Å². The predicted molar refractivity (Wildman–Crippen MR) is 150 cm³/mol. The molecule has 38 heavy (non-hydrogen) atoms. The molecule has 0 bridgehead atoms. The van der Waals surface area contributed by atoms with Crippen molar-refractivity contribution in [1.29, 1.82) is 0 Å². The van der Waals surface area contributed by atoms with Crippen LogP contribution in [-0.2, 0) is 20.4 Å². The second-order valence-electron chi connectivity index (χ2n) is 9.69. The number of nitrogens with one attached hydrogen (secondary N) is 1. The highest BCUT2D eigenvalue weighted by Crippen LogP contribution is 2.48. The van der Waals surface area contributed by atoms with Crippen LogP contribution in [0.25, 0.3) is 21.9 Å². The van der Waals surface area contributed by atoms with E-state index in [9.17, 15) is 4.57 Å². The number of rotatable bonds is 12. The van der Waals surface area contributed by atoms with Crippen LogP contribution in [0.3, 0.4) is 0 Å². The number of fused-ring (bicyclic) bond motifs is 3. The Hall–Kier alpha value is -2.68. The van der Waals surface area contributed by atoms with Gasteiger partial charge in [0, 0.05) is 23.1 Å². The van der Waals surface area contributed by atoms with Gasteiger partial charge in [0.2, 0.25) is 0 Å². The fourth-order valence-electron chi connectivity index (χ4n) is 4.59. The topological polar surface area (TPSA) is 114 Å². The molecule has 2 aromatic heterocycles. The van der Waals surface area contributed by atoms with Gasteiger partial charge in [-0.2, -0.15) is 0 Å². The Balaban J connectivity index is 1.48. The zero-order chi connectivity index (χ0) is 26.9. The molecule has 1 aliphatic carbocycles. The predicted octanol–water partition coefficient (Wildman–Crippen LogP) is 6.51. The number of ether oxygens (including phenoxy) is 1. The van der Waals surface area contributed by atoms with Gasteiger partial charge in [0.1, 0.15) is 23.7 Å². The first-order chi connectivity index (χ1) is 18.3. The van der Waals surface area contributed by atoms with Crippen LogP contribution in [0.2, 0.25) is 5.02 Å². The first-order valence-corrected chi connectivity index (χ1v) is 14.8. The minimum absolute atomic E-state index is 0.0131. The molecular formula is C27H33ClN5O4P.